The molecule has 1 aromatic rings. The Balaban J connectivity index is 2.02. The standard InChI is InChI=1S/C13H17N3O2/c14-11-3-1-2-10(8-11)13(18)16-6-4-9(5-7-16)12(15)17/h1-3,8-9H,4-7,14H2,(H2,15,17). The molecular weight excluding hydrogens is 230 g/mol. The van der Waals surface area contributed by atoms with Gasteiger partial charge in [0.05, 0.1) is 0 Å². The molecule has 5 nitrogen and oxygen atoms in total. The molecule has 18 heavy (non-hydrogen) atoms. The predicted octanol–water partition coefficient (Wildman–Crippen LogP) is 0.606. The summed E-state index contributed by atoms with van der Waals surface area (Å²) < 4.78 is 0. The van der Waals surface area contributed by atoms with E-state index < -0.39 is 0 Å². The van der Waals surface area contributed by atoms with E-state index in [1.807, 2.05) is 0 Å². The Kier molecular flexibility index (Phi) is 3.50. The normalized spacial score (nSPS) is 16.6. The summed E-state index contributed by atoms with van der Waals surface area (Å²) in [5, 5.41) is 0. The first kappa shape index (κ1) is 12.4. The highest BCUT2D eigenvalue weighted by Gasteiger charge is 2.26. The fourth-order valence-electron chi connectivity index (χ4n) is 2.22. The minimum Gasteiger partial charge on any atom is -0.399 e. The molecule has 4 N–H and O–H groups in total. The number of likely N-dealkylation sites (tertiary alicyclic amines) is 1. The molecule has 96 valence electrons. The zero-order chi connectivity index (χ0) is 13.1. The molecule has 1 heterocycles. The maximum atomic E-state index is 12.2. The van der Waals surface area contributed by atoms with Crippen molar-refractivity contribution in [2.75, 3.05) is 18.8 Å². The predicted molar refractivity (Wildman–Crippen MR) is 68.7 cm³/mol. The number of nitrogens with zero attached hydrogens (tertiary/aromatic N) is 1. The Bertz CT molecular complexity index is 465. The highest BCUT2D eigenvalue weighted by atomic mass is 16.2. The molecule has 0 aliphatic carbocycles. The summed E-state index contributed by atoms with van der Waals surface area (Å²) in [6, 6.07) is 6.93. The summed E-state index contributed by atoms with van der Waals surface area (Å²) >= 11 is 0. The number of carbonyl (C=O) groups excluding carboxylic acids is 2. The summed E-state index contributed by atoms with van der Waals surface area (Å²) in [7, 11) is 0. The van der Waals surface area contributed by atoms with Crippen LogP contribution in [0.25, 0.3) is 0 Å². The second-order valence-electron chi connectivity index (χ2n) is 4.59. The Labute approximate surface area is 106 Å². The average molecular weight is 247 g/mol. The first-order valence-electron chi connectivity index (χ1n) is 6.02. The Morgan fingerprint density at radius 1 is 1.22 bits per heavy atom. The molecule has 1 aliphatic heterocycles. The Morgan fingerprint density at radius 3 is 2.44 bits per heavy atom. The number of carbonyl (C=O) groups is 2. The van der Waals surface area contributed by atoms with Crippen molar-refractivity contribution in [1.82, 2.24) is 4.90 Å². The van der Waals surface area contributed by atoms with Crippen LogP contribution < -0.4 is 11.5 Å². The van der Waals surface area contributed by atoms with E-state index in [1.165, 1.54) is 0 Å². The van der Waals surface area contributed by atoms with E-state index in [-0.39, 0.29) is 17.7 Å². The lowest BCUT2D eigenvalue weighted by Gasteiger charge is -2.30. The van der Waals surface area contributed by atoms with Gasteiger partial charge in [-0.05, 0) is 31.0 Å². The number of benzene rings is 1. The lowest BCUT2D eigenvalue weighted by molar-refractivity contribution is -0.123. The highest BCUT2D eigenvalue weighted by Crippen LogP contribution is 2.19. The van der Waals surface area contributed by atoms with Gasteiger partial charge >= 0.3 is 0 Å². The molecular formula is C13H17N3O2. The van der Waals surface area contributed by atoms with Crippen LogP contribution >= 0.6 is 0 Å². The second kappa shape index (κ2) is 5.08. The van der Waals surface area contributed by atoms with Gasteiger partial charge in [0.15, 0.2) is 0 Å². The molecule has 5 heteroatoms. The van der Waals surface area contributed by atoms with Crippen molar-refractivity contribution in [1.29, 1.82) is 0 Å². The van der Waals surface area contributed by atoms with Crippen LogP contribution in [0.4, 0.5) is 5.69 Å². The van der Waals surface area contributed by atoms with Crippen LogP contribution in [0, 0.1) is 5.92 Å². The molecule has 0 atom stereocenters. The first-order chi connectivity index (χ1) is 8.58. The van der Waals surface area contributed by atoms with Gasteiger partial charge in [-0.15, -0.1) is 0 Å². The number of hydrogen-bond donors (Lipinski definition) is 2. The van der Waals surface area contributed by atoms with E-state index in [4.69, 9.17) is 11.5 Å². The van der Waals surface area contributed by atoms with Crippen molar-refractivity contribution in [2.45, 2.75) is 12.8 Å². The SMILES string of the molecule is NC(=O)C1CCN(C(=O)c2cccc(N)c2)CC1. The van der Waals surface area contributed by atoms with Crippen LogP contribution in [0.2, 0.25) is 0 Å². The minimum absolute atomic E-state index is 0.0368. The topological polar surface area (TPSA) is 89.4 Å². The molecule has 2 rings (SSSR count). The Hall–Kier alpha value is -2.04. The van der Waals surface area contributed by atoms with Crippen LogP contribution in [0.15, 0.2) is 24.3 Å². The number of rotatable bonds is 2. The molecule has 0 aromatic heterocycles. The fraction of sp³-hybridized carbons (Fsp3) is 0.385. The number of anilines is 1. The van der Waals surface area contributed by atoms with E-state index in [9.17, 15) is 9.59 Å². The third-order valence-electron chi connectivity index (χ3n) is 3.32. The van der Waals surface area contributed by atoms with E-state index in [0.717, 1.165) is 0 Å². The van der Waals surface area contributed by atoms with Crippen molar-refractivity contribution in [3.8, 4) is 0 Å². The molecule has 0 unspecified atom stereocenters. The van der Waals surface area contributed by atoms with Crippen molar-refractivity contribution in [3.05, 3.63) is 29.8 Å². The van der Waals surface area contributed by atoms with Crippen LogP contribution in [0.3, 0.4) is 0 Å². The van der Waals surface area contributed by atoms with Gasteiger partial charge in [-0.1, -0.05) is 6.07 Å². The lowest BCUT2D eigenvalue weighted by atomic mass is 9.96. The van der Waals surface area contributed by atoms with E-state index in [0.29, 0.717) is 37.2 Å². The van der Waals surface area contributed by atoms with Gasteiger partial charge in [0.2, 0.25) is 5.91 Å². The molecule has 1 fully saturated rings. The van der Waals surface area contributed by atoms with Crippen molar-refractivity contribution in [2.24, 2.45) is 11.7 Å². The average Bonchev–Trinajstić information content (AvgIpc) is 2.38. The van der Waals surface area contributed by atoms with Gasteiger partial charge in [-0.2, -0.15) is 0 Å². The van der Waals surface area contributed by atoms with Crippen LogP contribution in [0.5, 0.6) is 0 Å². The third kappa shape index (κ3) is 2.61. The van der Waals surface area contributed by atoms with Gasteiger partial charge in [0.1, 0.15) is 0 Å². The lowest BCUT2D eigenvalue weighted by Crippen LogP contribution is -2.41. The molecule has 1 saturated heterocycles. The van der Waals surface area contributed by atoms with Crippen LogP contribution in [-0.2, 0) is 4.79 Å². The molecule has 0 saturated carbocycles. The molecule has 2 amide bonds. The molecule has 0 bridgehead atoms. The minimum atomic E-state index is -0.272. The zero-order valence-corrected chi connectivity index (χ0v) is 10.1. The van der Waals surface area contributed by atoms with E-state index in [1.54, 1.807) is 29.2 Å². The first-order valence-corrected chi connectivity index (χ1v) is 6.02. The number of piperidine rings is 1. The Morgan fingerprint density at radius 2 is 1.89 bits per heavy atom. The quantitative estimate of drug-likeness (QED) is 0.750. The maximum Gasteiger partial charge on any atom is 0.253 e. The van der Waals surface area contributed by atoms with Gasteiger partial charge in [0, 0.05) is 30.3 Å². The number of amides is 2. The largest absolute Gasteiger partial charge is 0.399 e. The molecule has 0 spiro atoms. The van der Waals surface area contributed by atoms with Crippen molar-refractivity contribution in [3.63, 3.8) is 0 Å². The van der Waals surface area contributed by atoms with Gasteiger partial charge in [-0.25, -0.2) is 0 Å². The fourth-order valence-corrected chi connectivity index (χ4v) is 2.22. The molecule has 1 aromatic carbocycles. The van der Waals surface area contributed by atoms with Gasteiger partial charge in [-0.3, -0.25) is 9.59 Å². The van der Waals surface area contributed by atoms with E-state index in [2.05, 4.69) is 0 Å². The van der Waals surface area contributed by atoms with Gasteiger partial charge in [0.25, 0.3) is 5.91 Å². The van der Waals surface area contributed by atoms with E-state index >= 15 is 0 Å². The number of nitrogens with two attached hydrogens (primary N) is 2. The van der Waals surface area contributed by atoms with Crippen molar-refractivity contribution >= 4 is 17.5 Å². The summed E-state index contributed by atoms with van der Waals surface area (Å²) in [5.41, 5.74) is 12.1. The molecule has 1 aliphatic rings. The number of hydrogen-bond acceptors (Lipinski definition) is 3. The monoisotopic (exact) mass is 247 g/mol. The maximum absolute atomic E-state index is 12.2. The van der Waals surface area contributed by atoms with Crippen molar-refractivity contribution < 1.29 is 9.59 Å². The van der Waals surface area contributed by atoms with Crippen LogP contribution in [-0.4, -0.2) is 29.8 Å². The summed E-state index contributed by atoms with van der Waals surface area (Å²) in [5.74, 6) is -0.411. The number of primary amides is 1. The highest BCUT2D eigenvalue weighted by molar-refractivity contribution is 5.95. The smallest absolute Gasteiger partial charge is 0.253 e. The zero-order valence-electron chi connectivity index (χ0n) is 10.1. The van der Waals surface area contributed by atoms with Crippen LogP contribution in [0.1, 0.15) is 23.2 Å². The summed E-state index contributed by atoms with van der Waals surface area (Å²) in [4.78, 5) is 25.0. The summed E-state index contributed by atoms with van der Waals surface area (Å²) in [6.07, 6.45) is 1.28. The number of nitrogen functional groups attached to an aromatic ring is 1. The third-order valence-corrected chi connectivity index (χ3v) is 3.32. The molecule has 0 radical (unpaired) electrons. The van der Waals surface area contributed by atoms with Gasteiger partial charge < -0.3 is 16.4 Å². The second-order valence-corrected chi connectivity index (χ2v) is 4.59. The summed E-state index contributed by atoms with van der Waals surface area (Å²) in [6.45, 7) is 1.14.